The minimum atomic E-state index is -4.68. The van der Waals surface area contributed by atoms with Crippen molar-refractivity contribution < 1.29 is 22.7 Å². The second kappa shape index (κ2) is 5.36. The highest BCUT2D eigenvalue weighted by atomic mass is 32.1. The van der Waals surface area contributed by atoms with Gasteiger partial charge < -0.3 is 10.1 Å². The van der Waals surface area contributed by atoms with Crippen molar-refractivity contribution in [2.24, 2.45) is 0 Å². The minimum absolute atomic E-state index is 0.0516. The summed E-state index contributed by atoms with van der Waals surface area (Å²) < 4.78 is 43.4. The zero-order valence-electron chi connectivity index (χ0n) is 11.0. The summed E-state index contributed by atoms with van der Waals surface area (Å²) in [5.74, 6) is -1.01. The van der Waals surface area contributed by atoms with E-state index in [1.807, 2.05) is 0 Å². The van der Waals surface area contributed by atoms with E-state index in [9.17, 15) is 18.0 Å². The molecule has 0 atom stereocenters. The molecule has 0 saturated carbocycles. The Hall–Kier alpha value is -1.31. The highest BCUT2D eigenvalue weighted by Gasteiger charge is 2.40. The number of carbonyl (C=O) groups is 1. The van der Waals surface area contributed by atoms with E-state index >= 15 is 0 Å². The first-order chi connectivity index (χ1) is 8.54. The molecule has 1 rings (SSSR count). The lowest BCUT2D eigenvalue weighted by Crippen LogP contribution is -2.25. The highest BCUT2D eigenvalue weighted by molar-refractivity contribution is 7.17. The van der Waals surface area contributed by atoms with Gasteiger partial charge in [0.1, 0.15) is 10.5 Å². The van der Waals surface area contributed by atoms with Gasteiger partial charge in [0.05, 0.1) is 0 Å². The van der Waals surface area contributed by atoms with Crippen LogP contribution >= 0.6 is 11.3 Å². The Morgan fingerprint density at radius 3 is 2.37 bits per heavy atom. The van der Waals surface area contributed by atoms with Crippen molar-refractivity contribution in [1.82, 2.24) is 4.98 Å². The second-order valence-corrected chi connectivity index (χ2v) is 5.73. The number of nitrogens with zero attached hydrogens (tertiary/aromatic N) is 1. The van der Waals surface area contributed by atoms with Crippen molar-refractivity contribution in [2.75, 3.05) is 11.9 Å². The van der Waals surface area contributed by atoms with E-state index < -0.39 is 28.3 Å². The van der Waals surface area contributed by atoms with Gasteiger partial charge in [0.15, 0.2) is 10.8 Å². The van der Waals surface area contributed by atoms with Crippen LogP contribution in [0.3, 0.4) is 0 Å². The zero-order chi connectivity index (χ0) is 14.8. The van der Waals surface area contributed by atoms with Crippen molar-refractivity contribution in [3.8, 4) is 0 Å². The number of hydrogen-bond donors (Lipinski definition) is 1. The molecule has 0 radical (unpaired) electrons. The summed E-state index contributed by atoms with van der Waals surface area (Å²) in [4.78, 5) is 14.6. The molecule has 1 heterocycles. The lowest BCUT2D eigenvalue weighted by atomic mass is 10.2. The van der Waals surface area contributed by atoms with Crippen LogP contribution < -0.4 is 5.32 Å². The molecule has 1 N–H and O–H groups in total. The van der Waals surface area contributed by atoms with Crippen LogP contribution in [0, 0.1) is 0 Å². The summed E-state index contributed by atoms with van der Waals surface area (Å²) in [6, 6.07) is 0. The monoisotopic (exact) mass is 296 g/mol. The lowest BCUT2D eigenvalue weighted by Gasteiger charge is -2.19. The molecular formula is C11H15F3N2O2S. The van der Waals surface area contributed by atoms with Gasteiger partial charge in [-0.2, -0.15) is 13.2 Å². The summed E-state index contributed by atoms with van der Waals surface area (Å²) in [5, 5.41) is 2.71. The molecule has 8 heteroatoms. The van der Waals surface area contributed by atoms with Gasteiger partial charge in [-0.25, -0.2) is 9.78 Å². The van der Waals surface area contributed by atoms with Gasteiger partial charge in [0, 0.05) is 6.54 Å². The van der Waals surface area contributed by atoms with E-state index in [-0.39, 0.29) is 5.13 Å². The van der Waals surface area contributed by atoms with Crippen molar-refractivity contribution in [3.05, 3.63) is 10.6 Å². The van der Waals surface area contributed by atoms with Crippen molar-refractivity contribution >= 4 is 22.4 Å². The van der Waals surface area contributed by atoms with Gasteiger partial charge in [-0.15, -0.1) is 0 Å². The third-order valence-electron chi connectivity index (χ3n) is 1.81. The summed E-state index contributed by atoms with van der Waals surface area (Å²) >= 11 is 0.643. The Bertz CT molecular complexity index is 463. The number of thiazole rings is 1. The molecule has 0 aliphatic carbocycles. The zero-order valence-corrected chi connectivity index (χ0v) is 11.8. The van der Waals surface area contributed by atoms with E-state index in [4.69, 9.17) is 4.74 Å². The standard InChI is InChI=1S/C11H15F3N2O2S/c1-5-15-9-16-7(11(12,13)14)6(19-9)8(17)18-10(2,3)4/h5H2,1-4H3,(H,15,16). The molecule has 1 aromatic rings. The van der Waals surface area contributed by atoms with Crippen LogP contribution in [-0.4, -0.2) is 23.1 Å². The second-order valence-electron chi connectivity index (χ2n) is 4.73. The van der Waals surface area contributed by atoms with Crippen LogP contribution in [0.15, 0.2) is 0 Å². The van der Waals surface area contributed by atoms with Gasteiger partial charge >= 0.3 is 12.1 Å². The normalized spacial score (nSPS) is 12.4. The number of halogens is 3. The average molecular weight is 296 g/mol. The average Bonchev–Trinajstić information content (AvgIpc) is 2.59. The molecule has 0 fully saturated rings. The Morgan fingerprint density at radius 2 is 1.95 bits per heavy atom. The summed E-state index contributed by atoms with van der Waals surface area (Å²) in [6.07, 6.45) is -4.68. The van der Waals surface area contributed by atoms with Crippen molar-refractivity contribution in [2.45, 2.75) is 39.5 Å². The van der Waals surface area contributed by atoms with Crippen LogP contribution in [0.25, 0.3) is 0 Å². The van der Waals surface area contributed by atoms with E-state index in [1.54, 1.807) is 27.7 Å². The summed E-state index contributed by atoms with van der Waals surface area (Å²) in [7, 11) is 0. The Balaban J connectivity index is 3.14. The lowest BCUT2D eigenvalue weighted by molar-refractivity contribution is -0.141. The van der Waals surface area contributed by atoms with E-state index in [0.29, 0.717) is 17.9 Å². The number of ether oxygens (including phenoxy) is 1. The van der Waals surface area contributed by atoms with Crippen LogP contribution in [0.5, 0.6) is 0 Å². The van der Waals surface area contributed by atoms with Crippen molar-refractivity contribution in [3.63, 3.8) is 0 Å². The van der Waals surface area contributed by atoms with E-state index in [1.165, 1.54) is 0 Å². The molecule has 19 heavy (non-hydrogen) atoms. The number of rotatable bonds is 3. The number of esters is 1. The number of alkyl halides is 3. The van der Waals surface area contributed by atoms with Crippen molar-refractivity contribution in [1.29, 1.82) is 0 Å². The summed E-state index contributed by atoms with van der Waals surface area (Å²) in [6.45, 7) is 6.90. The van der Waals surface area contributed by atoms with E-state index in [2.05, 4.69) is 10.3 Å². The molecule has 0 aliphatic heterocycles. The molecule has 0 aliphatic rings. The molecular weight excluding hydrogens is 281 g/mol. The van der Waals surface area contributed by atoms with Crippen LogP contribution in [0.1, 0.15) is 43.1 Å². The number of hydrogen-bond acceptors (Lipinski definition) is 5. The fourth-order valence-electron chi connectivity index (χ4n) is 1.20. The number of carbonyl (C=O) groups excluding carboxylic acids is 1. The number of aromatic nitrogens is 1. The number of anilines is 1. The topological polar surface area (TPSA) is 51.2 Å². The smallest absolute Gasteiger partial charge is 0.435 e. The SMILES string of the molecule is CCNc1nc(C(F)(F)F)c(C(=O)OC(C)(C)C)s1. The minimum Gasteiger partial charge on any atom is -0.456 e. The van der Waals surface area contributed by atoms with Gasteiger partial charge in [-0.05, 0) is 27.7 Å². The molecule has 1 aromatic heterocycles. The first kappa shape index (κ1) is 15.7. The predicted molar refractivity (Wildman–Crippen MR) is 66.4 cm³/mol. The Labute approximate surface area is 113 Å². The molecule has 0 spiro atoms. The number of nitrogens with one attached hydrogen (secondary N) is 1. The predicted octanol–water partition coefficient (Wildman–Crippen LogP) is 3.55. The first-order valence-electron chi connectivity index (χ1n) is 5.60. The third-order valence-corrected chi connectivity index (χ3v) is 2.80. The van der Waals surface area contributed by atoms with Gasteiger partial charge in [0.25, 0.3) is 0 Å². The Morgan fingerprint density at radius 1 is 1.37 bits per heavy atom. The van der Waals surface area contributed by atoms with Gasteiger partial charge in [-0.3, -0.25) is 0 Å². The molecule has 4 nitrogen and oxygen atoms in total. The molecule has 108 valence electrons. The maximum Gasteiger partial charge on any atom is 0.435 e. The molecule has 0 aromatic carbocycles. The molecule has 0 unspecified atom stereocenters. The van der Waals surface area contributed by atoms with Gasteiger partial charge in [0.2, 0.25) is 0 Å². The molecule has 0 amide bonds. The third kappa shape index (κ3) is 4.38. The quantitative estimate of drug-likeness (QED) is 0.867. The van der Waals surface area contributed by atoms with E-state index in [0.717, 1.165) is 0 Å². The van der Waals surface area contributed by atoms with Crippen LogP contribution in [0.4, 0.5) is 18.3 Å². The summed E-state index contributed by atoms with van der Waals surface area (Å²) in [5.41, 5.74) is -2.06. The highest BCUT2D eigenvalue weighted by Crippen LogP contribution is 2.36. The molecule has 0 bridgehead atoms. The van der Waals surface area contributed by atoms with Gasteiger partial charge in [-0.1, -0.05) is 11.3 Å². The molecule has 0 saturated heterocycles. The maximum atomic E-state index is 12.8. The first-order valence-corrected chi connectivity index (χ1v) is 6.41. The largest absolute Gasteiger partial charge is 0.456 e. The van der Waals surface area contributed by atoms with Crippen LogP contribution in [0.2, 0.25) is 0 Å². The fraction of sp³-hybridized carbons (Fsp3) is 0.636. The maximum absolute atomic E-state index is 12.8. The van der Waals surface area contributed by atoms with Crippen LogP contribution in [-0.2, 0) is 10.9 Å². The Kier molecular flexibility index (Phi) is 4.44. The fourth-order valence-corrected chi connectivity index (χ4v) is 2.13.